The molecule has 4 nitrogen and oxygen atoms in total. The van der Waals surface area contributed by atoms with Gasteiger partial charge in [-0.3, -0.25) is 4.79 Å². The van der Waals surface area contributed by atoms with Crippen LogP contribution in [0.2, 0.25) is 0 Å². The quantitative estimate of drug-likeness (QED) is 0.797. The highest BCUT2D eigenvalue weighted by Gasteiger charge is 2.49. The van der Waals surface area contributed by atoms with Gasteiger partial charge in [-0.15, -0.1) is 0 Å². The molecule has 4 heteroatoms. The molecule has 0 radical (unpaired) electrons. The van der Waals surface area contributed by atoms with Crippen LogP contribution in [0.1, 0.15) is 44.5 Å². The lowest BCUT2D eigenvalue weighted by molar-refractivity contribution is -0.0712. The normalized spacial score (nSPS) is 22.9. The lowest BCUT2D eigenvalue weighted by Crippen LogP contribution is -2.34. The summed E-state index contributed by atoms with van der Waals surface area (Å²) < 4.78 is 16.6. The van der Waals surface area contributed by atoms with Gasteiger partial charge in [-0.25, -0.2) is 0 Å². The van der Waals surface area contributed by atoms with Crippen molar-refractivity contribution in [3.8, 4) is 11.5 Å². The Hall–Kier alpha value is -1.55. The molecule has 1 aliphatic heterocycles. The van der Waals surface area contributed by atoms with Crippen molar-refractivity contribution in [2.75, 3.05) is 14.2 Å². The maximum atomic E-state index is 13.0. The van der Waals surface area contributed by atoms with Gasteiger partial charge in [-0.05, 0) is 52.3 Å². The SMILES string of the molecule is COc1ccc(OC)c(C(=O)C2CC(C)(C)OC2(C)C)c1. The van der Waals surface area contributed by atoms with Crippen LogP contribution in [0.4, 0.5) is 0 Å². The summed E-state index contributed by atoms with van der Waals surface area (Å²) in [6.45, 7) is 7.98. The van der Waals surface area contributed by atoms with Gasteiger partial charge < -0.3 is 14.2 Å². The van der Waals surface area contributed by atoms with Crippen LogP contribution in [-0.4, -0.2) is 31.2 Å². The standard InChI is InChI=1S/C17H24O4/c1-16(2)10-13(17(3,4)21-16)15(18)12-9-11(19-5)7-8-14(12)20-6/h7-9,13H,10H2,1-6H3. The Morgan fingerprint density at radius 1 is 1.19 bits per heavy atom. The summed E-state index contributed by atoms with van der Waals surface area (Å²) in [6.07, 6.45) is 0.694. The Labute approximate surface area is 126 Å². The number of methoxy groups -OCH3 is 2. The summed E-state index contributed by atoms with van der Waals surface area (Å²) in [7, 11) is 3.15. The molecule has 0 aliphatic carbocycles. The van der Waals surface area contributed by atoms with Crippen LogP contribution in [-0.2, 0) is 4.74 Å². The molecule has 0 saturated carbocycles. The molecule has 1 fully saturated rings. The summed E-state index contributed by atoms with van der Waals surface area (Å²) in [5.74, 6) is 1.06. The number of hydrogen-bond acceptors (Lipinski definition) is 4. The Bertz CT molecular complexity index is 546. The highest BCUT2D eigenvalue weighted by atomic mass is 16.5. The van der Waals surface area contributed by atoms with Crippen molar-refractivity contribution in [1.29, 1.82) is 0 Å². The molecular formula is C17H24O4. The summed E-state index contributed by atoms with van der Waals surface area (Å²) in [4.78, 5) is 13.0. The fourth-order valence-electron chi connectivity index (χ4n) is 3.17. The number of carbonyl (C=O) groups excluding carboxylic acids is 1. The Morgan fingerprint density at radius 2 is 1.86 bits per heavy atom. The molecule has 0 spiro atoms. The lowest BCUT2D eigenvalue weighted by atomic mass is 9.81. The number of rotatable bonds is 4. The minimum Gasteiger partial charge on any atom is -0.497 e. The second-order valence-electron chi connectivity index (χ2n) is 6.65. The first-order chi connectivity index (χ1) is 9.70. The first kappa shape index (κ1) is 15.8. The van der Waals surface area contributed by atoms with Gasteiger partial charge in [0.05, 0.1) is 36.9 Å². The van der Waals surface area contributed by atoms with Gasteiger partial charge in [0.25, 0.3) is 0 Å². The molecule has 0 aromatic heterocycles. The van der Waals surface area contributed by atoms with E-state index in [1.54, 1.807) is 32.4 Å². The average Bonchev–Trinajstić information content (AvgIpc) is 2.65. The molecule has 0 N–H and O–H groups in total. The zero-order chi connectivity index (χ0) is 15.8. The van der Waals surface area contributed by atoms with E-state index in [2.05, 4.69) is 0 Å². The number of ether oxygens (including phenoxy) is 3. The van der Waals surface area contributed by atoms with Crippen molar-refractivity contribution in [1.82, 2.24) is 0 Å². The van der Waals surface area contributed by atoms with Crippen molar-refractivity contribution in [3.05, 3.63) is 23.8 Å². The zero-order valence-electron chi connectivity index (χ0n) is 13.6. The van der Waals surface area contributed by atoms with Crippen LogP contribution in [0.3, 0.4) is 0 Å². The maximum absolute atomic E-state index is 13.0. The Kier molecular flexibility index (Phi) is 4.02. The summed E-state index contributed by atoms with van der Waals surface area (Å²) in [6, 6.07) is 5.29. The second-order valence-corrected chi connectivity index (χ2v) is 6.65. The van der Waals surface area contributed by atoms with E-state index < -0.39 is 5.60 Å². The highest BCUT2D eigenvalue weighted by molar-refractivity contribution is 6.01. The maximum Gasteiger partial charge on any atom is 0.172 e. The molecule has 116 valence electrons. The van der Waals surface area contributed by atoms with Gasteiger partial charge in [-0.1, -0.05) is 0 Å². The Balaban J connectivity index is 2.40. The fourth-order valence-corrected chi connectivity index (χ4v) is 3.17. The molecule has 1 aromatic rings. The van der Waals surface area contributed by atoms with Crippen LogP contribution in [0, 0.1) is 5.92 Å². The van der Waals surface area contributed by atoms with Crippen LogP contribution in [0.25, 0.3) is 0 Å². The first-order valence-corrected chi connectivity index (χ1v) is 7.16. The van der Waals surface area contributed by atoms with E-state index in [1.807, 2.05) is 27.7 Å². The largest absolute Gasteiger partial charge is 0.497 e. The lowest BCUT2D eigenvalue weighted by Gasteiger charge is -2.27. The number of benzene rings is 1. The van der Waals surface area contributed by atoms with Gasteiger partial charge >= 0.3 is 0 Å². The van der Waals surface area contributed by atoms with E-state index in [4.69, 9.17) is 14.2 Å². The van der Waals surface area contributed by atoms with Gasteiger partial charge in [0, 0.05) is 0 Å². The molecule has 1 unspecified atom stereocenters. The topological polar surface area (TPSA) is 44.8 Å². The summed E-state index contributed by atoms with van der Waals surface area (Å²) in [5, 5.41) is 0. The van der Waals surface area contributed by atoms with E-state index in [0.29, 0.717) is 23.5 Å². The molecular weight excluding hydrogens is 268 g/mol. The molecule has 1 atom stereocenters. The first-order valence-electron chi connectivity index (χ1n) is 7.16. The highest BCUT2D eigenvalue weighted by Crippen LogP contribution is 2.44. The van der Waals surface area contributed by atoms with Crippen molar-refractivity contribution >= 4 is 5.78 Å². The van der Waals surface area contributed by atoms with Crippen LogP contribution < -0.4 is 9.47 Å². The molecule has 21 heavy (non-hydrogen) atoms. The third-order valence-electron chi connectivity index (χ3n) is 4.06. The predicted octanol–water partition coefficient (Wildman–Crippen LogP) is 3.48. The monoisotopic (exact) mass is 292 g/mol. The van der Waals surface area contributed by atoms with Crippen molar-refractivity contribution in [3.63, 3.8) is 0 Å². The second kappa shape index (κ2) is 5.34. The molecule has 1 heterocycles. The van der Waals surface area contributed by atoms with Gasteiger partial charge in [0.15, 0.2) is 5.78 Å². The van der Waals surface area contributed by atoms with Crippen LogP contribution >= 0.6 is 0 Å². The molecule has 2 rings (SSSR count). The smallest absolute Gasteiger partial charge is 0.172 e. The number of carbonyl (C=O) groups is 1. The molecule has 1 saturated heterocycles. The van der Waals surface area contributed by atoms with Crippen molar-refractivity contribution < 1.29 is 19.0 Å². The molecule has 0 bridgehead atoms. The van der Waals surface area contributed by atoms with Crippen molar-refractivity contribution in [2.24, 2.45) is 5.92 Å². The van der Waals surface area contributed by atoms with Crippen LogP contribution in [0.15, 0.2) is 18.2 Å². The number of hydrogen-bond donors (Lipinski definition) is 0. The van der Waals surface area contributed by atoms with Gasteiger partial charge in [0.1, 0.15) is 11.5 Å². The number of ketones is 1. The third kappa shape index (κ3) is 3.05. The minimum atomic E-state index is -0.491. The summed E-state index contributed by atoms with van der Waals surface area (Å²) in [5.41, 5.74) is -0.235. The summed E-state index contributed by atoms with van der Waals surface area (Å²) >= 11 is 0. The van der Waals surface area contributed by atoms with E-state index in [-0.39, 0.29) is 17.3 Å². The van der Waals surface area contributed by atoms with E-state index in [0.717, 1.165) is 0 Å². The number of Topliss-reactive ketones (excluding diaryl/α,β-unsaturated/α-hetero) is 1. The van der Waals surface area contributed by atoms with E-state index in [1.165, 1.54) is 0 Å². The Morgan fingerprint density at radius 3 is 2.33 bits per heavy atom. The average molecular weight is 292 g/mol. The molecule has 1 aromatic carbocycles. The van der Waals surface area contributed by atoms with Gasteiger partial charge in [-0.2, -0.15) is 0 Å². The zero-order valence-corrected chi connectivity index (χ0v) is 13.6. The fraction of sp³-hybridized carbons (Fsp3) is 0.588. The molecule has 0 amide bonds. The predicted molar refractivity (Wildman–Crippen MR) is 81.2 cm³/mol. The van der Waals surface area contributed by atoms with E-state index >= 15 is 0 Å². The minimum absolute atomic E-state index is 0.0429. The van der Waals surface area contributed by atoms with Crippen LogP contribution in [0.5, 0.6) is 11.5 Å². The van der Waals surface area contributed by atoms with Crippen molar-refractivity contribution in [2.45, 2.75) is 45.3 Å². The van der Waals surface area contributed by atoms with Gasteiger partial charge in [0.2, 0.25) is 0 Å². The van der Waals surface area contributed by atoms with E-state index in [9.17, 15) is 4.79 Å². The third-order valence-corrected chi connectivity index (χ3v) is 4.06. The molecule has 1 aliphatic rings.